The van der Waals surface area contributed by atoms with Crippen LogP contribution in [0.15, 0.2) is 97.2 Å². The van der Waals surface area contributed by atoms with Gasteiger partial charge in [-0.2, -0.15) is 0 Å². The Morgan fingerprint density at radius 3 is 1.02 bits per heavy atom. The number of esters is 2. The number of rotatable bonds is 63. The van der Waals surface area contributed by atoms with Gasteiger partial charge in [-0.1, -0.05) is 304 Å². The van der Waals surface area contributed by atoms with E-state index in [1.165, 1.54) is 154 Å². The molecule has 0 aromatic heterocycles. The van der Waals surface area contributed by atoms with Gasteiger partial charge < -0.3 is 28.5 Å². The van der Waals surface area contributed by atoms with Gasteiger partial charge in [0.05, 0.1) is 34.4 Å². The summed E-state index contributed by atoms with van der Waals surface area (Å²) in [5, 5.41) is 9.74. The topological polar surface area (TPSA) is 108 Å². The number of carboxylic acid groups (broad SMARTS) is 1. The van der Waals surface area contributed by atoms with E-state index in [1.807, 2.05) is 21.1 Å². The molecule has 9 heteroatoms. The van der Waals surface area contributed by atoms with Crippen molar-refractivity contribution in [2.24, 2.45) is 0 Å². The summed E-state index contributed by atoms with van der Waals surface area (Å²) in [7, 11) is 5.97. The maximum absolute atomic E-state index is 12.9. The number of unbranched alkanes of at least 4 members (excludes halogenated alkanes) is 32. The zero-order valence-electron chi connectivity index (χ0n) is 54.6. The molecule has 0 aliphatic heterocycles. The van der Waals surface area contributed by atoms with Gasteiger partial charge in [-0.3, -0.25) is 9.59 Å². The summed E-state index contributed by atoms with van der Waals surface area (Å²) in [5.74, 6) is -2.02. The fraction of sp³-hybridized carbons (Fsp3) is 0.743. The van der Waals surface area contributed by atoms with Gasteiger partial charge in [-0.15, -0.1) is 0 Å². The molecule has 0 saturated heterocycles. The minimum atomic E-state index is -1.52. The Labute approximate surface area is 512 Å². The quantitative estimate of drug-likeness (QED) is 0.0211. The molecule has 0 aliphatic carbocycles. The number of hydrogen-bond acceptors (Lipinski definition) is 7. The summed E-state index contributed by atoms with van der Waals surface area (Å²) in [6.07, 6.45) is 85.1. The molecule has 2 unspecified atom stereocenters. The van der Waals surface area contributed by atoms with E-state index in [0.717, 1.165) is 109 Å². The van der Waals surface area contributed by atoms with Crippen molar-refractivity contribution in [3.05, 3.63) is 97.2 Å². The minimum Gasteiger partial charge on any atom is -0.477 e. The predicted molar refractivity (Wildman–Crippen MR) is 355 cm³/mol. The monoisotopic (exact) mass is 1160 g/mol. The summed E-state index contributed by atoms with van der Waals surface area (Å²) in [4.78, 5) is 37.6. The number of carbonyl (C=O) groups is 3. The predicted octanol–water partition coefficient (Wildman–Crippen LogP) is 21.2. The molecular formula is C74H130NO8+. The van der Waals surface area contributed by atoms with Gasteiger partial charge in [-0.05, 0) is 77.0 Å². The van der Waals surface area contributed by atoms with E-state index in [0.29, 0.717) is 23.9 Å². The first-order chi connectivity index (χ1) is 40.6. The van der Waals surface area contributed by atoms with E-state index in [1.54, 1.807) is 0 Å². The maximum Gasteiger partial charge on any atom is 0.361 e. The molecule has 9 nitrogen and oxygen atoms in total. The highest BCUT2D eigenvalue weighted by Crippen LogP contribution is 2.18. The lowest BCUT2D eigenvalue weighted by molar-refractivity contribution is -0.870. The van der Waals surface area contributed by atoms with Crippen LogP contribution >= 0.6 is 0 Å². The largest absolute Gasteiger partial charge is 0.477 e. The normalized spacial score (nSPS) is 13.3. The van der Waals surface area contributed by atoms with Crippen molar-refractivity contribution in [1.29, 1.82) is 0 Å². The van der Waals surface area contributed by atoms with Crippen LogP contribution in [0, 0.1) is 0 Å². The Morgan fingerprint density at radius 2 is 0.687 bits per heavy atom. The molecule has 0 aromatic rings. The molecule has 478 valence electrons. The number of carboxylic acids is 1. The van der Waals surface area contributed by atoms with Gasteiger partial charge in [0.2, 0.25) is 0 Å². The Bertz CT molecular complexity index is 1680. The molecule has 0 radical (unpaired) electrons. The van der Waals surface area contributed by atoms with Crippen LogP contribution in [0.3, 0.4) is 0 Å². The standard InChI is InChI=1S/C74H129NO8/c1-6-8-10-12-14-16-18-20-22-24-26-28-30-32-34-35-36-37-39-41-43-45-47-49-51-53-55-57-59-61-63-65-72(77)83-70(69-82-74(73(78)79)80-67-66-75(3,4)5)68-81-71(76)64-62-60-58-56-54-52-50-48-46-44-42-40-38-33-31-29-27-25-23-21-19-17-15-13-11-9-7-2/h8,10,14,16,20,22,26,28,32,34,36-37,41,43,47,49,70,74H,6-7,9,11-13,15,17-19,21,23-25,27,29-31,33,35,38-40,42,44-46,48,50-69H2,1-5H3/p+1/b10-8-,16-14-,22-20-,28-26-,34-32-,37-36-,43-41-,49-47-. The van der Waals surface area contributed by atoms with Crippen LogP contribution in [0.2, 0.25) is 0 Å². The van der Waals surface area contributed by atoms with Gasteiger partial charge in [0, 0.05) is 12.8 Å². The SMILES string of the molecule is CC/C=C\C/C=C\C/C=C\C/C=C\C/C=C\C/C=C\C/C=C\C/C=C\CCCCCCCCC(=O)OC(COC(=O)CCCCCCCCCCCCCCCCCCCCCCCCCCCCC)COC(OCC[N+](C)(C)C)C(=O)O. The van der Waals surface area contributed by atoms with Gasteiger partial charge in [-0.25, -0.2) is 4.79 Å². The van der Waals surface area contributed by atoms with E-state index in [4.69, 9.17) is 18.9 Å². The van der Waals surface area contributed by atoms with Crippen LogP contribution in [0.1, 0.15) is 296 Å². The number of allylic oxidation sites excluding steroid dienone is 16. The van der Waals surface area contributed by atoms with Crippen molar-refractivity contribution in [2.45, 2.75) is 309 Å². The Kier molecular flexibility index (Phi) is 61.3. The van der Waals surface area contributed by atoms with Gasteiger partial charge in [0.1, 0.15) is 13.2 Å². The minimum absolute atomic E-state index is 0.181. The summed E-state index contributed by atoms with van der Waals surface area (Å²) in [6.45, 7) is 4.78. The second kappa shape index (κ2) is 64.2. The molecular weight excluding hydrogens is 1030 g/mol. The number of aliphatic carboxylic acids is 1. The second-order valence-corrected chi connectivity index (χ2v) is 24.1. The van der Waals surface area contributed by atoms with Crippen molar-refractivity contribution < 1.29 is 42.9 Å². The average Bonchev–Trinajstić information content (AvgIpc) is 3.46. The highest BCUT2D eigenvalue weighted by atomic mass is 16.7. The number of ether oxygens (including phenoxy) is 4. The number of carbonyl (C=O) groups excluding carboxylic acids is 2. The summed E-state index contributed by atoms with van der Waals surface area (Å²) >= 11 is 0. The van der Waals surface area contributed by atoms with Crippen LogP contribution in [0.4, 0.5) is 0 Å². The molecule has 1 N–H and O–H groups in total. The molecule has 83 heavy (non-hydrogen) atoms. The molecule has 0 amide bonds. The van der Waals surface area contributed by atoms with E-state index >= 15 is 0 Å². The Hall–Kier alpha value is -3.79. The fourth-order valence-electron chi connectivity index (χ4n) is 9.62. The van der Waals surface area contributed by atoms with Crippen LogP contribution in [0.25, 0.3) is 0 Å². The van der Waals surface area contributed by atoms with Crippen LogP contribution in [-0.2, 0) is 33.3 Å². The second-order valence-electron chi connectivity index (χ2n) is 24.1. The third kappa shape index (κ3) is 65.6. The first kappa shape index (κ1) is 79.2. The lowest BCUT2D eigenvalue weighted by atomic mass is 10.0. The molecule has 0 fully saturated rings. The van der Waals surface area contributed by atoms with Gasteiger partial charge in [0.15, 0.2) is 6.10 Å². The zero-order chi connectivity index (χ0) is 60.5. The van der Waals surface area contributed by atoms with E-state index in [9.17, 15) is 19.5 Å². The van der Waals surface area contributed by atoms with Crippen molar-refractivity contribution >= 4 is 17.9 Å². The van der Waals surface area contributed by atoms with Crippen LogP contribution in [-0.4, -0.2) is 87.4 Å². The lowest BCUT2D eigenvalue weighted by Crippen LogP contribution is -2.40. The van der Waals surface area contributed by atoms with Crippen LogP contribution in [0.5, 0.6) is 0 Å². The summed E-state index contributed by atoms with van der Waals surface area (Å²) in [5.41, 5.74) is 0. The fourth-order valence-corrected chi connectivity index (χ4v) is 9.62. The Morgan fingerprint density at radius 1 is 0.373 bits per heavy atom. The lowest BCUT2D eigenvalue weighted by Gasteiger charge is -2.25. The molecule has 0 rings (SSSR count). The smallest absolute Gasteiger partial charge is 0.361 e. The molecule has 2 atom stereocenters. The highest BCUT2D eigenvalue weighted by molar-refractivity contribution is 5.71. The molecule has 0 spiro atoms. The average molecular weight is 1160 g/mol. The number of hydrogen-bond donors (Lipinski definition) is 1. The van der Waals surface area contributed by atoms with Crippen molar-refractivity contribution in [3.63, 3.8) is 0 Å². The van der Waals surface area contributed by atoms with E-state index in [-0.39, 0.29) is 32.2 Å². The van der Waals surface area contributed by atoms with E-state index < -0.39 is 24.3 Å². The van der Waals surface area contributed by atoms with Crippen molar-refractivity contribution in [1.82, 2.24) is 0 Å². The third-order valence-corrected chi connectivity index (χ3v) is 14.9. The first-order valence-corrected chi connectivity index (χ1v) is 34.4. The molecule has 0 aliphatic rings. The highest BCUT2D eigenvalue weighted by Gasteiger charge is 2.25. The number of nitrogens with zero attached hydrogens (tertiary/aromatic N) is 1. The zero-order valence-corrected chi connectivity index (χ0v) is 54.6. The number of likely N-dealkylation sites (N-methyl/N-ethyl adjacent to an activating group) is 1. The molecule has 0 heterocycles. The maximum atomic E-state index is 12.9. The molecule has 0 saturated carbocycles. The molecule has 0 aromatic carbocycles. The van der Waals surface area contributed by atoms with Gasteiger partial charge >= 0.3 is 17.9 Å². The Balaban J connectivity index is 4.19. The van der Waals surface area contributed by atoms with E-state index in [2.05, 4.69) is 111 Å². The van der Waals surface area contributed by atoms with Crippen molar-refractivity contribution in [2.75, 3.05) is 47.5 Å². The summed E-state index contributed by atoms with van der Waals surface area (Å²) in [6, 6.07) is 0. The first-order valence-electron chi connectivity index (χ1n) is 34.4. The third-order valence-electron chi connectivity index (χ3n) is 14.9. The van der Waals surface area contributed by atoms with Crippen LogP contribution < -0.4 is 0 Å². The van der Waals surface area contributed by atoms with Crippen molar-refractivity contribution in [3.8, 4) is 0 Å². The molecule has 0 bridgehead atoms. The number of quaternary nitrogens is 1. The van der Waals surface area contributed by atoms with Gasteiger partial charge in [0.25, 0.3) is 6.29 Å². The summed E-state index contributed by atoms with van der Waals surface area (Å²) < 4.78 is 23.0.